The Morgan fingerprint density at radius 3 is 2.50 bits per heavy atom. The molecule has 7 heteroatoms. The predicted octanol–water partition coefficient (Wildman–Crippen LogP) is 4.73. The number of aryl methyl sites for hydroxylation is 2. The molecule has 0 saturated heterocycles. The van der Waals surface area contributed by atoms with Gasteiger partial charge in [0.05, 0.1) is 6.54 Å². The molecule has 0 aliphatic carbocycles. The smallest absolute Gasteiger partial charge is 0.322 e. The molecular weight excluding hydrogens is 372 g/mol. The molecule has 0 spiro atoms. The van der Waals surface area contributed by atoms with Gasteiger partial charge in [0, 0.05) is 23.7 Å². The summed E-state index contributed by atoms with van der Waals surface area (Å²) in [5.74, 6) is -0.160. The molecule has 0 saturated carbocycles. The second-order valence-corrected chi connectivity index (χ2v) is 8.10. The zero-order valence-electron chi connectivity index (χ0n) is 17.3. The van der Waals surface area contributed by atoms with Gasteiger partial charge in [-0.15, -0.1) is 11.3 Å². The molecule has 2 aromatic rings. The van der Waals surface area contributed by atoms with Crippen molar-refractivity contribution < 1.29 is 9.59 Å². The summed E-state index contributed by atoms with van der Waals surface area (Å²) in [4.78, 5) is 31.2. The number of anilines is 1. The first-order chi connectivity index (χ1) is 13.3. The number of benzene rings is 1. The van der Waals surface area contributed by atoms with E-state index in [4.69, 9.17) is 0 Å². The van der Waals surface area contributed by atoms with Crippen molar-refractivity contribution in [3.05, 3.63) is 45.4 Å². The molecule has 2 N–H and O–H groups in total. The van der Waals surface area contributed by atoms with Crippen LogP contribution in [-0.2, 0) is 6.54 Å². The van der Waals surface area contributed by atoms with Gasteiger partial charge in [-0.05, 0) is 45.2 Å². The lowest BCUT2D eigenvalue weighted by Crippen LogP contribution is -2.39. The second kappa shape index (κ2) is 10.2. The van der Waals surface area contributed by atoms with Crippen LogP contribution in [0.15, 0.2) is 23.6 Å². The molecular formula is C21H30N4O2S. The number of carbonyl (C=O) groups excluding carboxylic acids is 2. The Kier molecular flexibility index (Phi) is 7.99. The summed E-state index contributed by atoms with van der Waals surface area (Å²) < 4.78 is 0. The van der Waals surface area contributed by atoms with E-state index in [1.165, 1.54) is 11.3 Å². The number of rotatable bonds is 8. The Balaban J connectivity index is 2.07. The van der Waals surface area contributed by atoms with E-state index >= 15 is 0 Å². The van der Waals surface area contributed by atoms with E-state index < -0.39 is 0 Å². The van der Waals surface area contributed by atoms with Crippen LogP contribution in [-0.4, -0.2) is 34.4 Å². The minimum absolute atomic E-state index is 0.00458. The minimum Gasteiger partial charge on any atom is -0.351 e. The second-order valence-electron chi connectivity index (χ2n) is 7.15. The number of aromatic nitrogens is 1. The third-order valence-corrected chi connectivity index (χ3v) is 5.34. The summed E-state index contributed by atoms with van der Waals surface area (Å²) in [6.07, 6.45) is 1.98. The lowest BCUT2D eigenvalue weighted by atomic mass is 10.1. The first-order valence-electron chi connectivity index (χ1n) is 9.69. The van der Waals surface area contributed by atoms with Crippen molar-refractivity contribution in [1.29, 1.82) is 0 Å². The molecule has 0 radical (unpaired) electrons. The summed E-state index contributed by atoms with van der Waals surface area (Å²) in [5.41, 5.74) is 3.30. The SMILES string of the molecule is CCCCNC(=O)c1csc(CN(C(=O)Nc2c(C)cccc2C)C(C)C)n1. The molecule has 28 heavy (non-hydrogen) atoms. The van der Waals surface area contributed by atoms with E-state index in [1.54, 1.807) is 10.3 Å². The summed E-state index contributed by atoms with van der Waals surface area (Å²) in [7, 11) is 0. The van der Waals surface area contributed by atoms with Gasteiger partial charge in [-0.3, -0.25) is 4.79 Å². The number of unbranched alkanes of at least 4 members (excludes halogenated alkanes) is 1. The first-order valence-corrected chi connectivity index (χ1v) is 10.6. The Morgan fingerprint density at radius 2 is 1.89 bits per heavy atom. The lowest BCUT2D eigenvalue weighted by Gasteiger charge is -2.27. The monoisotopic (exact) mass is 402 g/mol. The van der Waals surface area contributed by atoms with E-state index in [0.717, 1.165) is 34.7 Å². The van der Waals surface area contributed by atoms with Crippen LogP contribution in [0.1, 0.15) is 60.2 Å². The van der Waals surface area contributed by atoms with Gasteiger partial charge in [-0.1, -0.05) is 31.5 Å². The van der Waals surface area contributed by atoms with E-state index in [-0.39, 0.29) is 18.0 Å². The van der Waals surface area contributed by atoms with Crippen molar-refractivity contribution in [2.75, 3.05) is 11.9 Å². The van der Waals surface area contributed by atoms with Crippen LogP contribution in [0.2, 0.25) is 0 Å². The Morgan fingerprint density at radius 1 is 1.21 bits per heavy atom. The van der Waals surface area contributed by atoms with E-state index in [2.05, 4.69) is 22.5 Å². The maximum absolute atomic E-state index is 12.9. The molecule has 0 aliphatic rings. The topological polar surface area (TPSA) is 74.3 Å². The molecule has 0 atom stereocenters. The summed E-state index contributed by atoms with van der Waals surface area (Å²) in [5, 5.41) is 8.39. The zero-order valence-corrected chi connectivity index (χ0v) is 18.2. The van der Waals surface area contributed by atoms with E-state index in [1.807, 2.05) is 45.9 Å². The van der Waals surface area contributed by atoms with Crippen molar-refractivity contribution in [2.45, 2.75) is 60.0 Å². The highest BCUT2D eigenvalue weighted by Gasteiger charge is 2.21. The van der Waals surface area contributed by atoms with Gasteiger partial charge in [0.15, 0.2) is 0 Å². The van der Waals surface area contributed by atoms with Gasteiger partial charge in [-0.2, -0.15) is 0 Å². The number of amides is 3. The lowest BCUT2D eigenvalue weighted by molar-refractivity contribution is 0.0948. The van der Waals surface area contributed by atoms with Crippen molar-refractivity contribution in [1.82, 2.24) is 15.2 Å². The van der Waals surface area contributed by atoms with E-state index in [0.29, 0.717) is 18.8 Å². The molecule has 0 unspecified atom stereocenters. The van der Waals surface area contributed by atoms with Gasteiger partial charge >= 0.3 is 6.03 Å². The summed E-state index contributed by atoms with van der Waals surface area (Å²) >= 11 is 1.40. The van der Waals surface area contributed by atoms with Crippen LogP contribution in [0.5, 0.6) is 0 Å². The number of nitrogens with one attached hydrogen (secondary N) is 2. The van der Waals surface area contributed by atoms with Crippen LogP contribution in [0.3, 0.4) is 0 Å². The maximum Gasteiger partial charge on any atom is 0.322 e. The predicted molar refractivity (Wildman–Crippen MR) is 115 cm³/mol. The number of hydrogen-bond donors (Lipinski definition) is 2. The van der Waals surface area contributed by atoms with Crippen LogP contribution < -0.4 is 10.6 Å². The van der Waals surface area contributed by atoms with E-state index in [9.17, 15) is 9.59 Å². The fourth-order valence-electron chi connectivity index (χ4n) is 2.78. The van der Waals surface area contributed by atoms with Crippen LogP contribution >= 0.6 is 11.3 Å². The molecule has 3 amide bonds. The summed E-state index contributed by atoms with van der Waals surface area (Å²) in [6.45, 7) is 11.0. The van der Waals surface area contributed by atoms with Crippen molar-refractivity contribution in [2.24, 2.45) is 0 Å². The Hall–Kier alpha value is -2.41. The average molecular weight is 403 g/mol. The molecule has 1 aromatic heterocycles. The standard InChI is InChI=1S/C21H30N4O2S/c1-6-7-11-22-20(26)17-13-28-18(23-17)12-25(14(2)3)21(27)24-19-15(4)9-8-10-16(19)5/h8-10,13-14H,6-7,11-12H2,1-5H3,(H,22,26)(H,24,27). The molecule has 1 heterocycles. The van der Waals surface area contributed by atoms with Crippen molar-refractivity contribution in [3.63, 3.8) is 0 Å². The molecule has 0 fully saturated rings. The highest BCUT2D eigenvalue weighted by molar-refractivity contribution is 7.09. The quantitative estimate of drug-likeness (QED) is 0.627. The largest absolute Gasteiger partial charge is 0.351 e. The summed E-state index contributed by atoms with van der Waals surface area (Å²) in [6, 6.07) is 5.76. The van der Waals surface area contributed by atoms with Gasteiger partial charge < -0.3 is 15.5 Å². The normalized spacial score (nSPS) is 10.8. The maximum atomic E-state index is 12.9. The Labute approximate surface area is 171 Å². The van der Waals surface area contributed by atoms with Gasteiger partial charge in [0.2, 0.25) is 0 Å². The highest BCUT2D eigenvalue weighted by Crippen LogP contribution is 2.21. The number of para-hydroxylation sites is 1. The van der Waals surface area contributed by atoms with Crippen LogP contribution in [0, 0.1) is 13.8 Å². The number of nitrogens with zero attached hydrogens (tertiary/aromatic N) is 2. The Bertz CT molecular complexity index is 796. The molecule has 1 aromatic carbocycles. The molecule has 0 aliphatic heterocycles. The highest BCUT2D eigenvalue weighted by atomic mass is 32.1. The minimum atomic E-state index is -0.170. The zero-order chi connectivity index (χ0) is 20.7. The number of urea groups is 1. The number of hydrogen-bond acceptors (Lipinski definition) is 4. The first kappa shape index (κ1) is 21.9. The third kappa shape index (κ3) is 5.79. The van der Waals surface area contributed by atoms with Gasteiger partial charge in [-0.25, -0.2) is 9.78 Å². The third-order valence-electron chi connectivity index (χ3n) is 4.50. The number of thiazole rings is 1. The molecule has 6 nitrogen and oxygen atoms in total. The fraction of sp³-hybridized carbons (Fsp3) is 0.476. The van der Waals surface area contributed by atoms with Crippen molar-refractivity contribution >= 4 is 29.0 Å². The van der Waals surface area contributed by atoms with Gasteiger partial charge in [0.1, 0.15) is 10.7 Å². The van der Waals surface area contributed by atoms with Crippen LogP contribution in [0.4, 0.5) is 10.5 Å². The molecule has 152 valence electrons. The molecule has 2 rings (SSSR count). The number of carbonyl (C=O) groups is 2. The van der Waals surface area contributed by atoms with Crippen molar-refractivity contribution in [3.8, 4) is 0 Å². The molecule has 0 bridgehead atoms. The average Bonchev–Trinajstić information content (AvgIpc) is 3.11. The fourth-order valence-corrected chi connectivity index (χ4v) is 3.55. The van der Waals surface area contributed by atoms with Crippen LogP contribution in [0.25, 0.3) is 0 Å². The van der Waals surface area contributed by atoms with Gasteiger partial charge in [0.25, 0.3) is 5.91 Å².